The fourth-order valence-corrected chi connectivity index (χ4v) is 5.10. The van der Waals surface area contributed by atoms with E-state index < -0.39 is 23.8 Å². The van der Waals surface area contributed by atoms with Crippen LogP contribution in [0.3, 0.4) is 0 Å². The van der Waals surface area contributed by atoms with Crippen molar-refractivity contribution in [3.8, 4) is 11.1 Å². The number of allylic oxidation sites excluding steroid dienone is 2. The number of anilines is 1. The van der Waals surface area contributed by atoms with Gasteiger partial charge in [0.05, 0.1) is 11.7 Å². The van der Waals surface area contributed by atoms with Crippen LogP contribution in [-0.2, 0) is 4.79 Å². The Bertz CT molecular complexity index is 1310. The summed E-state index contributed by atoms with van der Waals surface area (Å²) in [5, 5.41) is 16.8. The Labute approximate surface area is 221 Å². The number of nitrogens with zero attached hydrogens (tertiary/aromatic N) is 4. The number of amides is 2. The zero-order valence-corrected chi connectivity index (χ0v) is 22.0. The molecule has 1 fully saturated rings. The molecular weight excluding hydrogens is 485 g/mol. The highest BCUT2D eigenvalue weighted by molar-refractivity contribution is 6.00. The van der Waals surface area contributed by atoms with Gasteiger partial charge < -0.3 is 10.6 Å². The summed E-state index contributed by atoms with van der Waals surface area (Å²) in [6, 6.07) is 3.51. The smallest absolute Gasteiger partial charge is 0.270 e. The van der Waals surface area contributed by atoms with Crippen LogP contribution in [0.5, 0.6) is 0 Å². The summed E-state index contributed by atoms with van der Waals surface area (Å²) >= 11 is 0. The van der Waals surface area contributed by atoms with E-state index in [0.29, 0.717) is 22.7 Å². The number of carbonyl (C=O) groups excluding carboxylic acids is 2. The number of aromatic nitrogens is 5. The Morgan fingerprint density at radius 3 is 2.47 bits per heavy atom. The molecule has 200 valence electrons. The molecule has 3 aromatic heterocycles. The molecule has 1 saturated carbocycles. The van der Waals surface area contributed by atoms with E-state index in [2.05, 4.69) is 51.0 Å². The van der Waals surface area contributed by atoms with Gasteiger partial charge in [-0.15, -0.1) is 13.2 Å². The lowest BCUT2D eigenvalue weighted by molar-refractivity contribution is -0.119. The Balaban J connectivity index is 1.57. The average molecular weight is 520 g/mol. The van der Waals surface area contributed by atoms with Crippen LogP contribution in [0.2, 0.25) is 0 Å². The maximum atomic E-state index is 15.0. The third-order valence-corrected chi connectivity index (χ3v) is 7.27. The van der Waals surface area contributed by atoms with Gasteiger partial charge in [-0.1, -0.05) is 31.9 Å². The van der Waals surface area contributed by atoms with Gasteiger partial charge in [0.15, 0.2) is 0 Å². The summed E-state index contributed by atoms with van der Waals surface area (Å²) in [6.45, 7) is 13.3. The minimum absolute atomic E-state index is 0.0681. The van der Waals surface area contributed by atoms with Crippen LogP contribution in [-0.4, -0.2) is 42.8 Å². The lowest BCUT2D eigenvalue weighted by Crippen LogP contribution is -2.49. The van der Waals surface area contributed by atoms with Crippen LogP contribution in [0.15, 0.2) is 49.7 Å². The number of pyridine rings is 1. The van der Waals surface area contributed by atoms with Crippen molar-refractivity contribution < 1.29 is 14.0 Å². The van der Waals surface area contributed by atoms with Crippen molar-refractivity contribution in [2.45, 2.75) is 58.5 Å². The maximum Gasteiger partial charge on any atom is 0.270 e. The van der Waals surface area contributed by atoms with E-state index in [4.69, 9.17) is 0 Å². The number of hydrogen-bond donors (Lipinski definition) is 3. The van der Waals surface area contributed by atoms with Crippen molar-refractivity contribution in [2.24, 2.45) is 11.8 Å². The zero-order chi connectivity index (χ0) is 27.4. The molecule has 0 unspecified atom stereocenters. The Kier molecular flexibility index (Phi) is 8.19. The molecule has 3 N–H and O–H groups in total. The number of aryl methyl sites for hydroxylation is 2. The molecule has 4 rings (SSSR count). The fourth-order valence-electron chi connectivity index (χ4n) is 5.10. The van der Waals surface area contributed by atoms with Crippen molar-refractivity contribution in [3.63, 3.8) is 0 Å². The third kappa shape index (κ3) is 5.58. The van der Waals surface area contributed by atoms with E-state index in [-0.39, 0.29) is 23.5 Å². The number of carbonyl (C=O) groups is 2. The average Bonchev–Trinajstić information content (AvgIpc) is 3.51. The molecule has 1 atom stereocenters. The number of hydrogen-bond acceptors (Lipinski definition) is 5. The lowest BCUT2D eigenvalue weighted by Gasteiger charge is -2.32. The summed E-state index contributed by atoms with van der Waals surface area (Å²) in [5.41, 5.74) is 2.61. The van der Waals surface area contributed by atoms with Crippen LogP contribution in [0.4, 0.5) is 10.2 Å². The van der Waals surface area contributed by atoms with Gasteiger partial charge in [0.1, 0.15) is 17.6 Å². The number of halogens is 1. The van der Waals surface area contributed by atoms with Crippen molar-refractivity contribution in [3.05, 3.63) is 72.7 Å². The molecule has 0 aromatic carbocycles. The maximum absolute atomic E-state index is 15.0. The normalized spacial score (nSPS) is 18.1. The molecule has 0 bridgehead atoms. The highest BCUT2D eigenvalue weighted by atomic mass is 19.1. The standard InChI is InChI=1S/C28H34FN7O2/c1-6-20(7-2)36-22(14-15-30-36)27(37)33-25(19-10-8-16(3)9-11-19)28(38)32-23-13-12-21(26(29)31-23)24-17(4)34-35-18(24)5/h6-7,12-16,19-20,25H,1-2,8-11H2,3-5H3,(H,33,37)(H,34,35)(H,31,32,38)/t16?,19?,25-/m0/s1. The largest absolute Gasteiger partial charge is 0.339 e. The zero-order valence-electron chi connectivity index (χ0n) is 22.0. The quantitative estimate of drug-likeness (QED) is 0.275. The molecule has 3 heterocycles. The molecule has 0 spiro atoms. The number of aromatic amines is 1. The van der Waals surface area contributed by atoms with Crippen LogP contribution in [0.1, 0.15) is 60.5 Å². The Morgan fingerprint density at radius 1 is 1.16 bits per heavy atom. The van der Waals surface area contributed by atoms with E-state index in [1.165, 1.54) is 10.9 Å². The second-order valence-electron chi connectivity index (χ2n) is 9.93. The first kappa shape index (κ1) is 27.0. The summed E-state index contributed by atoms with van der Waals surface area (Å²) in [7, 11) is 0. The van der Waals surface area contributed by atoms with Gasteiger partial charge in [-0.25, -0.2) is 9.67 Å². The highest BCUT2D eigenvalue weighted by Gasteiger charge is 2.34. The molecule has 0 saturated heterocycles. The molecule has 10 heteroatoms. The van der Waals surface area contributed by atoms with E-state index >= 15 is 4.39 Å². The second kappa shape index (κ2) is 11.5. The molecule has 9 nitrogen and oxygen atoms in total. The van der Waals surface area contributed by atoms with Gasteiger partial charge in [-0.2, -0.15) is 14.6 Å². The van der Waals surface area contributed by atoms with E-state index in [9.17, 15) is 9.59 Å². The number of H-pyrrole nitrogens is 1. The molecule has 3 aromatic rings. The molecule has 0 aliphatic heterocycles. The molecule has 2 amide bonds. The predicted octanol–water partition coefficient (Wildman–Crippen LogP) is 4.90. The molecule has 0 radical (unpaired) electrons. The topological polar surface area (TPSA) is 118 Å². The SMILES string of the molecule is C=CC(C=C)n1nccc1C(=O)N[C@H](C(=O)Nc1ccc(-c2c(C)n[nH]c2C)c(F)n1)C1CCC(C)CC1. The highest BCUT2D eigenvalue weighted by Crippen LogP contribution is 2.32. The third-order valence-electron chi connectivity index (χ3n) is 7.27. The van der Waals surface area contributed by atoms with Crippen molar-refractivity contribution in [2.75, 3.05) is 5.32 Å². The first-order valence-corrected chi connectivity index (χ1v) is 12.8. The van der Waals surface area contributed by atoms with Crippen molar-refractivity contribution >= 4 is 17.6 Å². The Hall–Kier alpha value is -4.08. The number of nitrogens with one attached hydrogen (secondary N) is 3. The van der Waals surface area contributed by atoms with Crippen molar-refractivity contribution in [1.29, 1.82) is 0 Å². The van der Waals surface area contributed by atoms with Gasteiger partial charge in [0, 0.05) is 23.0 Å². The fraction of sp³-hybridized carbons (Fsp3) is 0.393. The van der Waals surface area contributed by atoms with Gasteiger partial charge >= 0.3 is 0 Å². The van der Waals surface area contributed by atoms with E-state index in [1.54, 1.807) is 44.2 Å². The second-order valence-corrected chi connectivity index (χ2v) is 9.93. The lowest BCUT2D eigenvalue weighted by atomic mass is 9.79. The first-order chi connectivity index (χ1) is 18.2. The Morgan fingerprint density at radius 2 is 1.87 bits per heavy atom. The summed E-state index contributed by atoms with van der Waals surface area (Å²) < 4.78 is 16.5. The van der Waals surface area contributed by atoms with Crippen molar-refractivity contribution in [1.82, 2.24) is 30.3 Å². The summed E-state index contributed by atoms with van der Waals surface area (Å²) in [6.07, 6.45) is 8.27. The minimum Gasteiger partial charge on any atom is -0.339 e. The summed E-state index contributed by atoms with van der Waals surface area (Å²) in [5.74, 6) is -1.03. The van der Waals surface area contributed by atoms with Crippen LogP contribution >= 0.6 is 0 Å². The van der Waals surface area contributed by atoms with Crippen LogP contribution < -0.4 is 10.6 Å². The minimum atomic E-state index is -0.827. The van der Waals surface area contributed by atoms with Gasteiger partial charge in [0.2, 0.25) is 11.9 Å². The number of rotatable bonds is 9. The van der Waals surface area contributed by atoms with Gasteiger partial charge in [-0.05, 0) is 56.7 Å². The van der Waals surface area contributed by atoms with Gasteiger partial charge in [-0.3, -0.25) is 14.7 Å². The molecule has 1 aliphatic carbocycles. The van der Waals surface area contributed by atoms with Gasteiger partial charge in [0.25, 0.3) is 5.91 Å². The molecular formula is C28H34FN7O2. The van der Waals surface area contributed by atoms with E-state index in [1.807, 2.05) is 0 Å². The monoisotopic (exact) mass is 519 g/mol. The summed E-state index contributed by atoms with van der Waals surface area (Å²) in [4.78, 5) is 30.8. The van der Waals surface area contributed by atoms with E-state index in [0.717, 1.165) is 31.4 Å². The molecule has 38 heavy (non-hydrogen) atoms. The van der Waals surface area contributed by atoms with Crippen LogP contribution in [0.25, 0.3) is 11.1 Å². The first-order valence-electron chi connectivity index (χ1n) is 12.8. The predicted molar refractivity (Wildman–Crippen MR) is 144 cm³/mol. The molecule has 1 aliphatic rings. The van der Waals surface area contributed by atoms with Crippen LogP contribution in [0, 0.1) is 31.6 Å².